The summed E-state index contributed by atoms with van der Waals surface area (Å²) in [7, 11) is 0. The Morgan fingerprint density at radius 2 is 1.79 bits per heavy atom. The number of aliphatic hydroxyl groups is 1. The van der Waals surface area contributed by atoms with E-state index >= 15 is 0 Å². The van der Waals surface area contributed by atoms with E-state index in [0.29, 0.717) is 5.75 Å². The molecule has 1 aliphatic heterocycles. The van der Waals surface area contributed by atoms with Gasteiger partial charge < -0.3 is 25.2 Å². The molecule has 0 saturated carbocycles. The predicted octanol–water partition coefficient (Wildman–Crippen LogP) is -0.380. The van der Waals surface area contributed by atoms with E-state index in [0.717, 1.165) is 0 Å². The van der Waals surface area contributed by atoms with E-state index in [1.54, 1.807) is 24.3 Å². The largest absolute Gasteiger partial charge is 0.484 e. The lowest BCUT2D eigenvalue weighted by molar-refractivity contribution is -0.165. The van der Waals surface area contributed by atoms with Crippen molar-refractivity contribution in [1.82, 2.24) is 10.2 Å². The molecule has 1 fully saturated rings. The summed E-state index contributed by atoms with van der Waals surface area (Å²) in [5.41, 5.74) is -1.77. The molecule has 0 unspecified atom stereocenters. The molecule has 1 heterocycles. The summed E-state index contributed by atoms with van der Waals surface area (Å²) < 4.78 is 5.26. The van der Waals surface area contributed by atoms with Crippen LogP contribution in [0.1, 0.15) is 12.8 Å². The second-order valence-corrected chi connectivity index (χ2v) is 5.60. The standard InChI is InChI=1S/C16H20N2O6/c19-13(11-24-12-4-2-1-3-5-12)17-10-14(20)18-8-6-16(23,7-9-18)15(21)22/h1-5,23H,6-11H2,(H,17,19)(H,21,22). The highest BCUT2D eigenvalue weighted by molar-refractivity contribution is 5.85. The van der Waals surface area contributed by atoms with Crippen molar-refractivity contribution in [2.45, 2.75) is 18.4 Å². The van der Waals surface area contributed by atoms with Crippen molar-refractivity contribution in [2.24, 2.45) is 0 Å². The van der Waals surface area contributed by atoms with Crippen LogP contribution in [0.2, 0.25) is 0 Å². The maximum atomic E-state index is 12.0. The van der Waals surface area contributed by atoms with Gasteiger partial charge in [-0.2, -0.15) is 0 Å². The van der Waals surface area contributed by atoms with Crippen molar-refractivity contribution < 1.29 is 29.3 Å². The Kier molecular flexibility index (Phi) is 5.75. The topological polar surface area (TPSA) is 116 Å². The number of rotatable bonds is 6. The number of benzene rings is 1. The molecule has 0 aliphatic carbocycles. The summed E-state index contributed by atoms with van der Waals surface area (Å²) in [5.74, 6) is -1.47. The summed E-state index contributed by atoms with van der Waals surface area (Å²) in [4.78, 5) is 36.0. The summed E-state index contributed by atoms with van der Waals surface area (Å²) in [5, 5.41) is 21.2. The fourth-order valence-electron chi connectivity index (χ4n) is 2.34. The van der Waals surface area contributed by atoms with E-state index in [1.165, 1.54) is 4.90 Å². The van der Waals surface area contributed by atoms with Crippen molar-refractivity contribution in [3.05, 3.63) is 30.3 Å². The lowest BCUT2D eigenvalue weighted by Gasteiger charge is -2.35. The first-order chi connectivity index (χ1) is 11.4. The van der Waals surface area contributed by atoms with Crippen LogP contribution in [-0.4, -0.2) is 64.7 Å². The highest BCUT2D eigenvalue weighted by atomic mass is 16.5. The molecule has 8 nitrogen and oxygen atoms in total. The van der Waals surface area contributed by atoms with Gasteiger partial charge in [-0.3, -0.25) is 9.59 Å². The van der Waals surface area contributed by atoms with Crippen LogP contribution >= 0.6 is 0 Å². The molecular weight excluding hydrogens is 316 g/mol. The van der Waals surface area contributed by atoms with Gasteiger partial charge in [-0.05, 0) is 12.1 Å². The van der Waals surface area contributed by atoms with Crippen LogP contribution in [0.15, 0.2) is 30.3 Å². The predicted molar refractivity (Wildman–Crippen MR) is 83.3 cm³/mol. The maximum Gasteiger partial charge on any atom is 0.335 e. The molecule has 0 bridgehead atoms. The average Bonchev–Trinajstić information content (AvgIpc) is 2.59. The summed E-state index contributed by atoms with van der Waals surface area (Å²) in [6, 6.07) is 8.83. The van der Waals surface area contributed by atoms with Gasteiger partial charge >= 0.3 is 5.97 Å². The fourth-order valence-corrected chi connectivity index (χ4v) is 2.34. The number of para-hydroxylation sites is 1. The van der Waals surface area contributed by atoms with Crippen LogP contribution in [0.25, 0.3) is 0 Å². The van der Waals surface area contributed by atoms with Crippen LogP contribution in [0.5, 0.6) is 5.75 Å². The minimum absolute atomic E-state index is 0.0286. The number of amides is 2. The molecule has 1 aromatic carbocycles. The number of piperidine rings is 1. The van der Waals surface area contributed by atoms with Crippen molar-refractivity contribution in [2.75, 3.05) is 26.2 Å². The molecule has 1 aromatic rings. The average molecular weight is 336 g/mol. The quantitative estimate of drug-likeness (QED) is 0.652. The fraction of sp³-hybridized carbons (Fsp3) is 0.438. The Bertz CT molecular complexity index is 596. The number of hydrogen-bond donors (Lipinski definition) is 3. The van der Waals surface area contributed by atoms with Gasteiger partial charge in [0.15, 0.2) is 12.2 Å². The number of carbonyl (C=O) groups excluding carboxylic acids is 2. The van der Waals surface area contributed by atoms with E-state index in [2.05, 4.69) is 5.32 Å². The third-order valence-corrected chi connectivity index (χ3v) is 3.89. The van der Waals surface area contributed by atoms with Gasteiger partial charge in [-0.1, -0.05) is 18.2 Å². The number of likely N-dealkylation sites (tertiary alicyclic amines) is 1. The van der Waals surface area contributed by atoms with E-state index in [1.807, 2.05) is 6.07 Å². The number of nitrogens with one attached hydrogen (secondary N) is 1. The van der Waals surface area contributed by atoms with E-state index in [-0.39, 0.29) is 45.0 Å². The lowest BCUT2D eigenvalue weighted by Crippen LogP contribution is -2.52. The monoisotopic (exact) mass is 336 g/mol. The van der Waals surface area contributed by atoms with Crippen LogP contribution < -0.4 is 10.1 Å². The molecule has 0 spiro atoms. The Hall–Kier alpha value is -2.61. The van der Waals surface area contributed by atoms with Gasteiger partial charge in [-0.15, -0.1) is 0 Å². The highest BCUT2D eigenvalue weighted by Crippen LogP contribution is 2.22. The second-order valence-electron chi connectivity index (χ2n) is 5.60. The molecule has 2 rings (SSSR count). The molecule has 24 heavy (non-hydrogen) atoms. The normalized spacial score (nSPS) is 16.3. The minimum Gasteiger partial charge on any atom is -0.484 e. The number of aliphatic carboxylic acids is 1. The van der Waals surface area contributed by atoms with Gasteiger partial charge in [0, 0.05) is 25.9 Å². The van der Waals surface area contributed by atoms with Gasteiger partial charge in [-0.25, -0.2) is 4.79 Å². The molecule has 0 atom stereocenters. The number of carbonyl (C=O) groups is 3. The SMILES string of the molecule is O=C(COc1ccccc1)NCC(=O)N1CCC(O)(C(=O)O)CC1. The first-order valence-electron chi connectivity index (χ1n) is 7.59. The van der Waals surface area contributed by atoms with Gasteiger partial charge in [0.25, 0.3) is 5.91 Å². The highest BCUT2D eigenvalue weighted by Gasteiger charge is 2.40. The Labute approximate surface area is 139 Å². The number of carboxylic acids is 1. The maximum absolute atomic E-state index is 12.0. The van der Waals surface area contributed by atoms with Crippen LogP contribution in [0.3, 0.4) is 0 Å². The zero-order chi connectivity index (χ0) is 17.6. The Balaban J connectivity index is 1.70. The molecule has 3 N–H and O–H groups in total. The summed E-state index contributed by atoms with van der Waals surface area (Å²) in [6.07, 6.45) is -0.0573. The first kappa shape index (κ1) is 17.7. The second kappa shape index (κ2) is 7.78. The van der Waals surface area contributed by atoms with E-state index in [4.69, 9.17) is 9.84 Å². The molecule has 130 valence electrons. The van der Waals surface area contributed by atoms with Gasteiger partial charge in [0.2, 0.25) is 5.91 Å². The zero-order valence-electron chi connectivity index (χ0n) is 13.1. The zero-order valence-corrected chi connectivity index (χ0v) is 13.1. The van der Waals surface area contributed by atoms with Gasteiger partial charge in [0.05, 0.1) is 6.54 Å². The number of carboxylic acid groups (broad SMARTS) is 1. The molecular formula is C16H20N2O6. The minimum atomic E-state index is -1.77. The van der Waals surface area contributed by atoms with E-state index < -0.39 is 17.5 Å². The van der Waals surface area contributed by atoms with Gasteiger partial charge in [0.1, 0.15) is 5.75 Å². The first-order valence-corrected chi connectivity index (χ1v) is 7.59. The van der Waals surface area contributed by atoms with Crippen molar-refractivity contribution in [1.29, 1.82) is 0 Å². The van der Waals surface area contributed by atoms with Crippen LogP contribution in [0, 0.1) is 0 Å². The summed E-state index contributed by atoms with van der Waals surface area (Å²) in [6.45, 7) is -0.116. The Morgan fingerprint density at radius 1 is 1.17 bits per heavy atom. The molecule has 0 aromatic heterocycles. The molecule has 1 aliphatic rings. The van der Waals surface area contributed by atoms with Crippen molar-refractivity contribution >= 4 is 17.8 Å². The molecule has 1 saturated heterocycles. The molecule has 2 amide bonds. The van der Waals surface area contributed by atoms with Crippen molar-refractivity contribution in [3.63, 3.8) is 0 Å². The number of ether oxygens (including phenoxy) is 1. The van der Waals surface area contributed by atoms with Crippen LogP contribution in [-0.2, 0) is 14.4 Å². The number of nitrogens with zero attached hydrogens (tertiary/aromatic N) is 1. The number of hydrogen-bond acceptors (Lipinski definition) is 5. The smallest absolute Gasteiger partial charge is 0.335 e. The van der Waals surface area contributed by atoms with Crippen molar-refractivity contribution in [3.8, 4) is 5.75 Å². The van der Waals surface area contributed by atoms with Crippen LogP contribution in [0.4, 0.5) is 0 Å². The Morgan fingerprint density at radius 3 is 2.38 bits per heavy atom. The third kappa shape index (κ3) is 4.69. The third-order valence-electron chi connectivity index (χ3n) is 3.89. The van der Waals surface area contributed by atoms with E-state index in [9.17, 15) is 19.5 Å². The summed E-state index contributed by atoms with van der Waals surface area (Å²) >= 11 is 0. The molecule has 0 radical (unpaired) electrons. The lowest BCUT2D eigenvalue weighted by atomic mass is 9.91. The molecule has 8 heteroatoms.